The Labute approximate surface area is 124 Å². The SMILES string of the molecule is CCN(C(C)C)C(C)C.[Cs]. The van der Waals surface area contributed by atoms with Gasteiger partial charge in [0.05, 0.1) is 0 Å². The molecule has 2 heteroatoms. The zero-order valence-corrected chi connectivity index (χ0v) is 14.6. The quantitative estimate of drug-likeness (QED) is 0.749. The standard InChI is InChI=1S/C8H19N.Cs/c1-6-9(7(2)3)8(4)5;/h7-8H,6H2,1-5H3;. The smallest absolute Gasteiger partial charge is 0.00411 e. The summed E-state index contributed by atoms with van der Waals surface area (Å²) in [5, 5.41) is 0. The van der Waals surface area contributed by atoms with Crippen molar-refractivity contribution in [1.82, 2.24) is 4.90 Å². The Morgan fingerprint density at radius 2 is 1.30 bits per heavy atom. The summed E-state index contributed by atoms with van der Waals surface area (Å²) in [4.78, 5) is 2.46. The second-order valence-corrected chi connectivity index (χ2v) is 3.02. The molecule has 0 aromatic rings. The minimum atomic E-state index is 0. The van der Waals surface area contributed by atoms with Gasteiger partial charge >= 0.3 is 0 Å². The first-order valence-electron chi connectivity index (χ1n) is 3.85. The Morgan fingerprint density at radius 1 is 1.00 bits per heavy atom. The summed E-state index contributed by atoms with van der Waals surface area (Å²) >= 11 is 0. The van der Waals surface area contributed by atoms with E-state index >= 15 is 0 Å². The molecule has 0 heterocycles. The topological polar surface area (TPSA) is 3.24 Å². The van der Waals surface area contributed by atoms with Crippen LogP contribution >= 0.6 is 0 Å². The molecule has 0 bridgehead atoms. The van der Waals surface area contributed by atoms with Crippen LogP contribution in [0.15, 0.2) is 0 Å². The third-order valence-electron chi connectivity index (χ3n) is 1.69. The monoisotopic (exact) mass is 262 g/mol. The second-order valence-electron chi connectivity index (χ2n) is 3.02. The van der Waals surface area contributed by atoms with Crippen molar-refractivity contribution in [1.29, 1.82) is 0 Å². The first kappa shape index (κ1) is 14.5. The van der Waals surface area contributed by atoms with E-state index in [1.165, 1.54) is 0 Å². The summed E-state index contributed by atoms with van der Waals surface area (Å²) in [7, 11) is 0. The molecule has 0 aliphatic heterocycles. The zero-order valence-electron chi connectivity index (χ0n) is 8.31. The Hall–Kier alpha value is 2.01. The van der Waals surface area contributed by atoms with E-state index in [9.17, 15) is 0 Å². The fraction of sp³-hybridized carbons (Fsp3) is 1.00. The Kier molecular flexibility index (Phi) is 11.1. The first-order chi connectivity index (χ1) is 4.09. The number of hydrogen-bond acceptors (Lipinski definition) is 1. The average molecular weight is 262 g/mol. The molecule has 0 spiro atoms. The van der Waals surface area contributed by atoms with Crippen molar-refractivity contribution in [3.8, 4) is 0 Å². The van der Waals surface area contributed by atoms with Crippen molar-refractivity contribution in [2.75, 3.05) is 6.54 Å². The maximum Gasteiger partial charge on any atom is 0.00411 e. The van der Waals surface area contributed by atoms with Crippen LogP contribution in [-0.2, 0) is 0 Å². The van der Waals surface area contributed by atoms with Gasteiger partial charge in [-0.2, -0.15) is 0 Å². The van der Waals surface area contributed by atoms with E-state index in [0.29, 0.717) is 12.1 Å². The molecule has 10 heavy (non-hydrogen) atoms. The van der Waals surface area contributed by atoms with Crippen molar-refractivity contribution in [2.45, 2.75) is 46.7 Å². The van der Waals surface area contributed by atoms with Gasteiger partial charge in [-0.05, 0) is 34.2 Å². The van der Waals surface area contributed by atoms with Crippen LogP contribution in [-0.4, -0.2) is 92.4 Å². The predicted octanol–water partition coefficient (Wildman–Crippen LogP) is 1.74. The molecule has 0 amide bonds. The average Bonchev–Trinajstić information content (AvgIpc) is 1.64. The first-order valence-corrected chi connectivity index (χ1v) is 3.85. The maximum atomic E-state index is 2.46. The van der Waals surface area contributed by atoms with Crippen molar-refractivity contribution < 1.29 is 0 Å². The van der Waals surface area contributed by atoms with Gasteiger partial charge in [-0.15, -0.1) is 0 Å². The molecule has 0 fully saturated rings. The van der Waals surface area contributed by atoms with Crippen molar-refractivity contribution in [2.24, 2.45) is 0 Å². The molecular formula is C8H19CsN. The van der Waals surface area contributed by atoms with Gasteiger partial charge in [-0.3, -0.25) is 4.90 Å². The van der Waals surface area contributed by atoms with Crippen LogP contribution in [0.2, 0.25) is 0 Å². The van der Waals surface area contributed by atoms with Gasteiger partial charge in [0, 0.05) is 81.0 Å². The van der Waals surface area contributed by atoms with Crippen molar-refractivity contribution >= 4 is 68.9 Å². The summed E-state index contributed by atoms with van der Waals surface area (Å²) in [5.41, 5.74) is 0. The molecular weight excluding hydrogens is 243 g/mol. The number of nitrogens with zero attached hydrogens (tertiary/aromatic N) is 1. The molecule has 1 radical (unpaired) electrons. The van der Waals surface area contributed by atoms with Crippen LogP contribution in [0.4, 0.5) is 0 Å². The molecule has 57 valence electrons. The van der Waals surface area contributed by atoms with Crippen molar-refractivity contribution in [3.63, 3.8) is 0 Å². The summed E-state index contributed by atoms with van der Waals surface area (Å²) < 4.78 is 0. The molecule has 0 saturated carbocycles. The molecule has 1 nitrogen and oxygen atoms in total. The van der Waals surface area contributed by atoms with Crippen molar-refractivity contribution in [3.05, 3.63) is 0 Å². The summed E-state index contributed by atoms with van der Waals surface area (Å²) in [6.45, 7) is 12.3. The van der Waals surface area contributed by atoms with E-state index in [-0.39, 0.29) is 68.9 Å². The van der Waals surface area contributed by atoms with E-state index in [0.717, 1.165) is 6.54 Å². The molecule has 0 N–H and O–H groups in total. The van der Waals surface area contributed by atoms with Crippen LogP contribution in [0.5, 0.6) is 0 Å². The van der Waals surface area contributed by atoms with Crippen LogP contribution in [0, 0.1) is 0 Å². The second kappa shape index (κ2) is 7.65. The van der Waals surface area contributed by atoms with Crippen LogP contribution in [0.1, 0.15) is 34.6 Å². The summed E-state index contributed by atoms with van der Waals surface area (Å²) in [6, 6.07) is 1.38. The minimum absolute atomic E-state index is 0. The Bertz CT molecular complexity index is 63.7. The van der Waals surface area contributed by atoms with Gasteiger partial charge in [-0.25, -0.2) is 0 Å². The Balaban J connectivity index is 0. The molecule has 0 unspecified atom stereocenters. The molecule has 0 aromatic heterocycles. The third kappa shape index (κ3) is 5.64. The molecule has 0 saturated heterocycles. The number of hydrogen-bond donors (Lipinski definition) is 0. The van der Waals surface area contributed by atoms with E-state index in [1.54, 1.807) is 0 Å². The fourth-order valence-corrected chi connectivity index (χ4v) is 1.33. The van der Waals surface area contributed by atoms with Gasteiger partial charge in [0.1, 0.15) is 0 Å². The van der Waals surface area contributed by atoms with E-state index in [1.807, 2.05) is 0 Å². The van der Waals surface area contributed by atoms with Gasteiger partial charge in [0.2, 0.25) is 0 Å². The molecule has 0 rings (SSSR count). The predicted molar refractivity (Wildman–Crippen MR) is 48.4 cm³/mol. The summed E-state index contributed by atoms with van der Waals surface area (Å²) in [6.07, 6.45) is 0. The zero-order chi connectivity index (χ0) is 7.44. The molecule has 0 aromatic carbocycles. The molecule has 0 atom stereocenters. The summed E-state index contributed by atoms with van der Waals surface area (Å²) in [5.74, 6) is 0. The van der Waals surface area contributed by atoms with E-state index in [2.05, 4.69) is 39.5 Å². The van der Waals surface area contributed by atoms with Gasteiger partial charge in [0.25, 0.3) is 0 Å². The van der Waals surface area contributed by atoms with Crippen LogP contribution < -0.4 is 0 Å². The van der Waals surface area contributed by atoms with Gasteiger partial charge in [0.15, 0.2) is 0 Å². The largest absolute Gasteiger partial charge is 0.299 e. The number of rotatable bonds is 3. The van der Waals surface area contributed by atoms with Crippen LogP contribution in [0.3, 0.4) is 0 Å². The normalized spacial score (nSPS) is 10.8. The third-order valence-corrected chi connectivity index (χ3v) is 1.69. The molecule has 0 aliphatic rings. The molecule has 0 aliphatic carbocycles. The minimum Gasteiger partial charge on any atom is -0.299 e. The Morgan fingerprint density at radius 3 is 1.30 bits per heavy atom. The van der Waals surface area contributed by atoms with E-state index in [4.69, 9.17) is 0 Å². The van der Waals surface area contributed by atoms with Gasteiger partial charge < -0.3 is 0 Å². The van der Waals surface area contributed by atoms with Crippen LogP contribution in [0.25, 0.3) is 0 Å². The van der Waals surface area contributed by atoms with E-state index < -0.39 is 0 Å². The maximum absolute atomic E-state index is 2.46. The van der Waals surface area contributed by atoms with Gasteiger partial charge in [-0.1, -0.05) is 6.92 Å². The fourth-order valence-electron chi connectivity index (χ4n) is 1.33.